The van der Waals surface area contributed by atoms with E-state index in [0.29, 0.717) is 22.2 Å². The number of amides is 2. The summed E-state index contributed by atoms with van der Waals surface area (Å²) >= 11 is 12.0. The predicted octanol–water partition coefficient (Wildman–Crippen LogP) is 2.62. The first-order valence-electron chi connectivity index (χ1n) is 6.08. The van der Waals surface area contributed by atoms with Gasteiger partial charge in [-0.15, -0.1) is 0 Å². The molecule has 1 aromatic carbocycles. The van der Waals surface area contributed by atoms with Crippen molar-refractivity contribution in [2.45, 2.75) is 25.8 Å². The second kappa shape index (κ2) is 5.80. The topological polar surface area (TPSA) is 49.4 Å². The summed E-state index contributed by atoms with van der Waals surface area (Å²) in [6, 6.07) is 4.38. The van der Waals surface area contributed by atoms with Gasteiger partial charge in [-0.1, -0.05) is 36.5 Å². The van der Waals surface area contributed by atoms with Crippen LogP contribution >= 0.6 is 23.2 Å². The summed E-state index contributed by atoms with van der Waals surface area (Å²) in [5.74, 6) is -0.334. The fourth-order valence-corrected chi connectivity index (χ4v) is 2.48. The minimum absolute atomic E-state index is 0.0287. The molecule has 102 valence electrons. The van der Waals surface area contributed by atoms with Gasteiger partial charge in [-0.25, -0.2) is 0 Å². The van der Waals surface area contributed by atoms with Gasteiger partial charge in [-0.2, -0.15) is 0 Å². The monoisotopic (exact) mass is 300 g/mol. The van der Waals surface area contributed by atoms with Crippen molar-refractivity contribution in [1.29, 1.82) is 0 Å². The van der Waals surface area contributed by atoms with Crippen LogP contribution in [-0.4, -0.2) is 24.4 Å². The number of rotatable bonds is 3. The summed E-state index contributed by atoms with van der Waals surface area (Å²) in [6.07, 6.45) is 1.42. The highest BCUT2D eigenvalue weighted by molar-refractivity contribution is 6.36. The number of piperazine rings is 1. The molecular formula is C13H14Cl2N2O2. The van der Waals surface area contributed by atoms with Crippen molar-refractivity contribution in [3.8, 4) is 0 Å². The zero-order valence-corrected chi connectivity index (χ0v) is 12.0. The van der Waals surface area contributed by atoms with E-state index in [1.807, 2.05) is 6.92 Å². The highest BCUT2D eigenvalue weighted by atomic mass is 35.5. The van der Waals surface area contributed by atoms with Crippen molar-refractivity contribution in [2.75, 3.05) is 11.4 Å². The van der Waals surface area contributed by atoms with E-state index in [4.69, 9.17) is 23.2 Å². The van der Waals surface area contributed by atoms with Gasteiger partial charge in [0, 0.05) is 5.02 Å². The molecule has 4 nitrogen and oxygen atoms in total. The quantitative estimate of drug-likeness (QED) is 0.933. The number of hydrogen-bond acceptors (Lipinski definition) is 2. The van der Waals surface area contributed by atoms with Crippen LogP contribution in [0.2, 0.25) is 10.0 Å². The Morgan fingerprint density at radius 2 is 2.11 bits per heavy atom. The van der Waals surface area contributed by atoms with E-state index in [-0.39, 0.29) is 18.4 Å². The Balaban J connectivity index is 2.34. The molecule has 1 fully saturated rings. The molecule has 1 saturated heterocycles. The molecule has 1 unspecified atom stereocenters. The average molecular weight is 301 g/mol. The van der Waals surface area contributed by atoms with Crippen LogP contribution in [-0.2, 0) is 9.59 Å². The fraction of sp³-hybridized carbons (Fsp3) is 0.385. The average Bonchev–Trinajstić information content (AvgIpc) is 2.37. The molecular weight excluding hydrogens is 287 g/mol. The summed E-state index contributed by atoms with van der Waals surface area (Å²) in [6.45, 7) is 1.93. The Hall–Kier alpha value is -1.26. The standard InChI is InChI=1S/C13H14Cl2N2O2/c1-2-3-10-13(19)17(7-12(18)16-10)11-6-8(14)4-5-9(11)15/h4-6,10H,2-3,7H2,1H3,(H,16,18). The molecule has 0 bridgehead atoms. The summed E-state index contributed by atoms with van der Waals surface area (Å²) in [5.41, 5.74) is 0.482. The number of nitrogens with one attached hydrogen (secondary N) is 1. The first kappa shape index (κ1) is 14.2. The molecule has 19 heavy (non-hydrogen) atoms. The molecule has 0 radical (unpaired) electrons. The van der Waals surface area contributed by atoms with Gasteiger partial charge in [-0.05, 0) is 24.6 Å². The lowest BCUT2D eigenvalue weighted by Crippen LogP contribution is -2.58. The van der Waals surface area contributed by atoms with Gasteiger partial charge < -0.3 is 5.32 Å². The predicted molar refractivity (Wildman–Crippen MR) is 75.7 cm³/mol. The number of halogens is 2. The molecule has 0 aliphatic carbocycles. The zero-order valence-electron chi connectivity index (χ0n) is 10.5. The highest BCUT2D eigenvalue weighted by Gasteiger charge is 2.33. The molecule has 0 spiro atoms. The summed E-state index contributed by atoms with van der Waals surface area (Å²) in [7, 11) is 0. The van der Waals surface area contributed by atoms with Gasteiger partial charge in [-0.3, -0.25) is 14.5 Å². The van der Waals surface area contributed by atoms with Crippen molar-refractivity contribution in [3.63, 3.8) is 0 Å². The molecule has 2 amide bonds. The minimum atomic E-state index is -0.485. The Kier molecular flexibility index (Phi) is 4.32. The van der Waals surface area contributed by atoms with Crippen LogP contribution in [0, 0.1) is 0 Å². The molecule has 1 aromatic rings. The van der Waals surface area contributed by atoms with Gasteiger partial charge >= 0.3 is 0 Å². The highest BCUT2D eigenvalue weighted by Crippen LogP contribution is 2.30. The number of carbonyl (C=O) groups excluding carboxylic acids is 2. The lowest BCUT2D eigenvalue weighted by Gasteiger charge is -2.33. The van der Waals surface area contributed by atoms with Crippen LogP contribution in [0.3, 0.4) is 0 Å². The maximum Gasteiger partial charge on any atom is 0.250 e. The Bertz CT molecular complexity index is 519. The number of benzene rings is 1. The third-order valence-corrected chi connectivity index (χ3v) is 3.53. The third-order valence-electron chi connectivity index (χ3n) is 2.98. The fourth-order valence-electron chi connectivity index (χ4n) is 2.09. The van der Waals surface area contributed by atoms with Crippen molar-refractivity contribution in [2.24, 2.45) is 0 Å². The smallest absolute Gasteiger partial charge is 0.250 e. The molecule has 1 atom stereocenters. The van der Waals surface area contributed by atoms with E-state index >= 15 is 0 Å². The lowest BCUT2D eigenvalue weighted by atomic mass is 10.1. The molecule has 0 aromatic heterocycles. The molecule has 6 heteroatoms. The van der Waals surface area contributed by atoms with Crippen LogP contribution in [0.5, 0.6) is 0 Å². The summed E-state index contributed by atoms with van der Waals surface area (Å²) < 4.78 is 0. The SMILES string of the molecule is CCCC1NC(=O)CN(c2cc(Cl)ccc2Cl)C1=O. The molecule has 1 aliphatic heterocycles. The second-order valence-corrected chi connectivity index (χ2v) is 5.27. The largest absolute Gasteiger partial charge is 0.343 e. The van der Waals surface area contributed by atoms with Crippen LogP contribution in [0.25, 0.3) is 0 Å². The van der Waals surface area contributed by atoms with Crippen LogP contribution in [0.1, 0.15) is 19.8 Å². The van der Waals surface area contributed by atoms with Gasteiger partial charge in [0.15, 0.2) is 0 Å². The van der Waals surface area contributed by atoms with E-state index in [0.717, 1.165) is 6.42 Å². The Labute approximate surface area is 121 Å². The number of hydrogen-bond donors (Lipinski definition) is 1. The van der Waals surface area contributed by atoms with Crippen molar-refractivity contribution in [1.82, 2.24) is 5.32 Å². The zero-order chi connectivity index (χ0) is 14.0. The molecule has 1 aliphatic rings. The number of anilines is 1. The van der Waals surface area contributed by atoms with Crippen molar-refractivity contribution >= 4 is 40.7 Å². The van der Waals surface area contributed by atoms with Crippen LogP contribution in [0.4, 0.5) is 5.69 Å². The molecule has 1 N–H and O–H groups in total. The summed E-state index contributed by atoms with van der Waals surface area (Å²) in [4.78, 5) is 25.4. The normalized spacial score (nSPS) is 19.5. The van der Waals surface area contributed by atoms with E-state index in [1.165, 1.54) is 4.90 Å². The molecule has 1 heterocycles. The minimum Gasteiger partial charge on any atom is -0.343 e. The van der Waals surface area contributed by atoms with Gasteiger partial charge in [0.1, 0.15) is 12.6 Å². The van der Waals surface area contributed by atoms with E-state index in [2.05, 4.69) is 5.32 Å². The van der Waals surface area contributed by atoms with Gasteiger partial charge in [0.2, 0.25) is 11.8 Å². The lowest BCUT2D eigenvalue weighted by molar-refractivity contribution is -0.131. The summed E-state index contributed by atoms with van der Waals surface area (Å²) in [5, 5.41) is 3.58. The van der Waals surface area contributed by atoms with Gasteiger partial charge in [0.25, 0.3) is 0 Å². The Morgan fingerprint density at radius 3 is 2.79 bits per heavy atom. The third kappa shape index (κ3) is 3.01. The van der Waals surface area contributed by atoms with Crippen LogP contribution < -0.4 is 10.2 Å². The first-order chi connectivity index (χ1) is 9.02. The Morgan fingerprint density at radius 1 is 1.37 bits per heavy atom. The number of nitrogens with zero attached hydrogens (tertiary/aromatic N) is 1. The molecule has 2 rings (SSSR count). The van der Waals surface area contributed by atoms with Crippen LogP contribution in [0.15, 0.2) is 18.2 Å². The van der Waals surface area contributed by atoms with E-state index in [9.17, 15) is 9.59 Å². The molecule has 0 saturated carbocycles. The maximum atomic E-state index is 12.3. The van der Waals surface area contributed by atoms with Crippen molar-refractivity contribution in [3.05, 3.63) is 28.2 Å². The van der Waals surface area contributed by atoms with Crippen molar-refractivity contribution < 1.29 is 9.59 Å². The van der Waals surface area contributed by atoms with Gasteiger partial charge in [0.05, 0.1) is 10.7 Å². The van der Waals surface area contributed by atoms with E-state index in [1.54, 1.807) is 18.2 Å². The second-order valence-electron chi connectivity index (χ2n) is 4.43. The van der Waals surface area contributed by atoms with E-state index < -0.39 is 6.04 Å². The first-order valence-corrected chi connectivity index (χ1v) is 6.84. The maximum absolute atomic E-state index is 12.3. The number of carbonyl (C=O) groups is 2.